The van der Waals surface area contributed by atoms with E-state index in [1.54, 1.807) is 31.0 Å². The van der Waals surface area contributed by atoms with Crippen LogP contribution in [0, 0.1) is 0 Å². The third-order valence-corrected chi connectivity index (χ3v) is 3.49. The second kappa shape index (κ2) is 6.41. The number of nitrogens with two attached hydrogens (primary N) is 1. The minimum atomic E-state index is -0.683. The Morgan fingerprint density at radius 1 is 0.958 bits per heavy atom. The van der Waals surface area contributed by atoms with E-state index in [2.05, 4.69) is 10.1 Å². The van der Waals surface area contributed by atoms with Crippen LogP contribution >= 0.6 is 0 Å². The average Bonchev–Trinajstić information content (AvgIpc) is 3.07. The van der Waals surface area contributed by atoms with Gasteiger partial charge < -0.3 is 15.2 Å². The van der Waals surface area contributed by atoms with Crippen LogP contribution in [0.4, 0.5) is 0 Å². The number of aromatic nitrogens is 3. The molecule has 0 bridgehead atoms. The molecule has 0 radical (unpaired) electrons. The van der Waals surface area contributed by atoms with Crippen LogP contribution in [-0.4, -0.2) is 34.9 Å². The highest BCUT2D eigenvalue weighted by molar-refractivity contribution is 5.89. The third kappa shape index (κ3) is 2.91. The molecule has 1 amide bonds. The maximum Gasteiger partial charge on any atom is 0.288 e. The molecule has 1 aromatic heterocycles. The number of nitrogens with zero attached hydrogens (tertiary/aromatic N) is 3. The Labute approximate surface area is 138 Å². The first-order valence-corrected chi connectivity index (χ1v) is 7.18. The van der Waals surface area contributed by atoms with Gasteiger partial charge in [-0.3, -0.25) is 4.79 Å². The molecule has 3 aromatic rings. The smallest absolute Gasteiger partial charge is 0.288 e. The summed E-state index contributed by atoms with van der Waals surface area (Å²) < 4.78 is 11.9. The lowest BCUT2D eigenvalue weighted by Crippen LogP contribution is -2.13. The molecule has 3 rings (SSSR count). The number of hydrogen-bond acceptors (Lipinski definition) is 5. The predicted molar refractivity (Wildman–Crippen MR) is 88.4 cm³/mol. The van der Waals surface area contributed by atoms with Gasteiger partial charge in [0.1, 0.15) is 11.5 Å². The minimum absolute atomic E-state index is 0.0448. The number of carbonyl (C=O) groups is 1. The van der Waals surface area contributed by atoms with Crippen molar-refractivity contribution in [3.63, 3.8) is 0 Å². The van der Waals surface area contributed by atoms with Gasteiger partial charge in [-0.05, 0) is 48.5 Å². The fraction of sp³-hybridized carbons (Fsp3) is 0.118. The van der Waals surface area contributed by atoms with Gasteiger partial charge in [-0.1, -0.05) is 0 Å². The molecule has 1 heterocycles. The number of hydrogen-bond donors (Lipinski definition) is 1. The van der Waals surface area contributed by atoms with Crippen LogP contribution in [0.2, 0.25) is 0 Å². The molecule has 0 aliphatic heterocycles. The van der Waals surface area contributed by atoms with Crippen molar-refractivity contribution in [1.82, 2.24) is 14.8 Å². The lowest BCUT2D eigenvalue weighted by atomic mass is 10.2. The highest BCUT2D eigenvalue weighted by atomic mass is 16.5. The Hall–Kier alpha value is -3.35. The summed E-state index contributed by atoms with van der Waals surface area (Å²) in [5.74, 6) is 1.23. The third-order valence-electron chi connectivity index (χ3n) is 3.49. The minimum Gasteiger partial charge on any atom is -0.497 e. The molecule has 0 aliphatic carbocycles. The zero-order chi connectivity index (χ0) is 17.1. The lowest BCUT2D eigenvalue weighted by Gasteiger charge is -2.07. The summed E-state index contributed by atoms with van der Waals surface area (Å²) in [5, 5.41) is 4.21. The average molecular weight is 324 g/mol. The summed E-state index contributed by atoms with van der Waals surface area (Å²) in [4.78, 5) is 15.7. The van der Waals surface area contributed by atoms with Crippen molar-refractivity contribution in [1.29, 1.82) is 0 Å². The van der Waals surface area contributed by atoms with Gasteiger partial charge in [0.05, 0.1) is 19.9 Å². The van der Waals surface area contributed by atoms with E-state index in [9.17, 15) is 4.79 Å². The van der Waals surface area contributed by atoms with E-state index >= 15 is 0 Å². The SMILES string of the molecule is COc1ccc(-c2nc(C(N)=O)nn2-c2ccc(OC)cc2)cc1. The van der Waals surface area contributed by atoms with Crippen molar-refractivity contribution in [3.05, 3.63) is 54.4 Å². The van der Waals surface area contributed by atoms with Crippen molar-refractivity contribution in [2.24, 2.45) is 5.73 Å². The van der Waals surface area contributed by atoms with Crippen LogP contribution in [-0.2, 0) is 0 Å². The summed E-state index contributed by atoms with van der Waals surface area (Å²) in [6.45, 7) is 0. The first kappa shape index (κ1) is 15.5. The highest BCUT2D eigenvalue weighted by Gasteiger charge is 2.17. The number of ether oxygens (including phenoxy) is 2. The molecule has 24 heavy (non-hydrogen) atoms. The van der Waals surface area contributed by atoms with E-state index in [0.29, 0.717) is 5.82 Å². The first-order valence-electron chi connectivity index (χ1n) is 7.18. The second-order valence-electron chi connectivity index (χ2n) is 4.96. The topological polar surface area (TPSA) is 92.3 Å². The maximum absolute atomic E-state index is 11.5. The van der Waals surface area contributed by atoms with Crippen molar-refractivity contribution in [3.8, 4) is 28.6 Å². The molecule has 0 spiro atoms. The van der Waals surface area contributed by atoms with Crippen LogP contribution < -0.4 is 15.2 Å². The monoisotopic (exact) mass is 324 g/mol. The Morgan fingerprint density at radius 2 is 1.50 bits per heavy atom. The van der Waals surface area contributed by atoms with Gasteiger partial charge in [0.25, 0.3) is 5.91 Å². The van der Waals surface area contributed by atoms with Crippen LogP contribution in [0.15, 0.2) is 48.5 Å². The summed E-state index contributed by atoms with van der Waals surface area (Å²) >= 11 is 0. The predicted octanol–water partition coefficient (Wildman–Crippen LogP) is 2.05. The molecular weight excluding hydrogens is 308 g/mol. The van der Waals surface area contributed by atoms with Crippen LogP contribution in [0.25, 0.3) is 17.1 Å². The van der Waals surface area contributed by atoms with E-state index < -0.39 is 5.91 Å². The van der Waals surface area contributed by atoms with Gasteiger partial charge in [0.15, 0.2) is 5.82 Å². The van der Waals surface area contributed by atoms with Crippen molar-refractivity contribution >= 4 is 5.91 Å². The van der Waals surface area contributed by atoms with Crippen LogP contribution in [0.1, 0.15) is 10.6 Å². The van der Waals surface area contributed by atoms with Crippen molar-refractivity contribution in [2.45, 2.75) is 0 Å². The highest BCUT2D eigenvalue weighted by Crippen LogP contribution is 2.24. The zero-order valence-electron chi connectivity index (χ0n) is 13.3. The fourth-order valence-corrected chi connectivity index (χ4v) is 2.25. The first-order chi connectivity index (χ1) is 11.6. The van der Waals surface area contributed by atoms with E-state index in [4.69, 9.17) is 15.2 Å². The number of primary amides is 1. The molecule has 2 aromatic carbocycles. The summed E-state index contributed by atoms with van der Waals surface area (Å²) in [7, 11) is 3.19. The molecule has 7 nitrogen and oxygen atoms in total. The number of carbonyl (C=O) groups excluding carboxylic acids is 1. The van der Waals surface area contributed by atoms with Crippen molar-refractivity contribution in [2.75, 3.05) is 14.2 Å². The van der Waals surface area contributed by atoms with E-state index in [1.165, 1.54) is 0 Å². The van der Waals surface area contributed by atoms with Gasteiger partial charge in [-0.25, -0.2) is 9.67 Å². The largest absolute Gasteiger partial charge is 0.497 e. The van der Waals surface area contributed by atoms with Crippen molar-refractivity contribution < 1.29 is 14.3 Å². The lowest BCUT2D eigenvalue weighted by molar-refractivity contribution is 0.0990. The summed E-state index contributed by atoms with van der Waals surface area (Å²) in [6.07, 6.45) is 0. The Bertz CT molecular complexity index is 790. The Morgan fingerprint density at radius 3 is 2.00 bits per heavy atom. The van der Waals surface area contributed by atoms with Gasteiger partial charge in [-0.2, -0.15) is 0 Å². The van der Waals surface area contributed by atoms with Crippen LogP contribution in [0.5, 0.6) is 11.5 Å². The van der Waals surface area contributed by atoms with E-state index in [1.807, 2.05) is 36.4 Å². The molecule has 0 fully saturated rings. The number of amides is 1. The Kier molecular flexibility index (Phi) is 4.15. The zero-order valence-corrected chi connectivity index (χ0v) is 13.3. The normalized spacial score (nSPS) is 10.4. The van der Waals surface area contributed by atoms with Gasteiger partial charge in [0, 0.05) is 5.56 Å². The molecule has 0 atom stereocenters. The molecule has 0 saturated heterocycles. The van der Waals surface area contributed by atoms with Gasteiger partial charge >= 0.3 is 0 Å². The van der Waals surface area contributed by atoms with E-state index in [0.717, 1.165) is 22.7 Å². The quantitative estimate of drug-likeness (QED) is 0.775. The van der Waals surface area contributed by atoms with Gasteiger partial charge in [0.2, 0.25) is 5.82 Å². The molecule has 0 unspecified atom stereocenters. The fourth-order valence-electron chi connectivity index (χ4n) is 2.25. The number of benzene rings is 2. The summed E-state index contributed by atoms with van der Waals surface area (Å²) in [5.41, 5.74) is 6.85. The molecule has 2 N–H and O–H groups in total. The standard InChI is InChI=1S/C17H16N4O3/c1-23-13-7-3-11(4-8-13)17-19-16(15(18)22)20-21(17)12-5-9-14(24-2)10-6-12/h3-10H,1-2H3,(H2,18,22). The number of methoxy groups -OCH3 is 2. The van der Waals surface area contributed by atoms with Crippen LogP contribution in [0.3, 0.4) is 0 Å². The molecule has 0 aliphatic rings. The van der Waals surface area contributed by atoms with Gasteiger partial charge in [-0.15, -0.1) is 5.10 Å². The molecule has 122 valence electrons. The maximum atomic E-state index is 11.5. The number of rotatable bonds is 5. The molecular formula is C17H16N4O3. The molecule has 0 saturated carbocycles. The second-order valence-corrected chi connectivity index (χ2v) is 4.96. The Balaban J connectivity index is 2.10. The molecule has 7 heteroatoms. The van der Waals surface area contributed by atoms with E-state index in [-0.39, 0.29) is 5.82 Å². The summed E-state index contributed by atoms with van der Waals surface area (Å²) in [6, 6.07) is 14.6.